The number of anilines is 1. The fourth-order valence-electron chi connectivity index (χ4n) is 1.41. The number of nitrogens with two attached hydrogens (primary N) is 2. The number of carbonyl (C=O) groups excluding carboxylic acids is 1. The molecule has 102 valence electrons. The predicted octanol–water partition coefficient (Wildman–Crippen LogP) is -0.201. The summed E-state index contributed by atoms with van der Waals surface area (Å²) in [7, 11) is 0. The van der Waals surface area contributed by atoms with Crippen molar-refractivity contribution in [3.63, 3.8) is 0 Å². The fourth-order valence-corrected chi connectivity index (χ4v) is 1.41. The SMILES string of the molecule is CC(C)(C)OC(=O)C(N)c1cnn(CCO)c1N. The molecule has 0 radical (unpaired) electrons. The molecule has 1 unspecified atom stereocenters. The molecular weight excluding hydrogens is 236 g/mol. The van der Waals surface area contributed by atoms with Gasteiger partial charge in [0.1, 0.15) is 17.5 Å². The van der Waals surface area contributed by atoms with Crippen LogP contribution in [0.5, 0.6) is 0 Å². The average Bonchev–Trinajstić information content (AvgIpc) is 2.58. The van der Waals surface area contributed by atoms with E-state index in [1.54, 1.807) is 20.8 Å². The van der Waals surface area contributed by atoms with Gasteiger partial charge in [-0.1, -0.05) is 0 Å². The van der Waals surface area contributed by atoms with Crippen LogP contribution in [-0.2, 0) is 16.1 Å². The van der Waals surface area contributed by atoms with Crippen molar-refractivity contribution in [3.8, 4) is 0 Å². The van der Waals surface area contributed by atoms with Gasteiger partial charge in [-0.2, -0.15) is 5.10 Å². The van der Waals surface area contributed by atoms with Crippen molar-refractivity contribution in [1.29, 1.82) is 0 Å². The van der Waals surface area contributed by atoms with Crippen molar-refractivity contribution >= 4 is 11.8 Å². The Kier molecular flexibility index (Phi) is 4.31. The number of nitrogen functional groups attached to an aromatic ring is 1. The first kappa shape index (κ1) is 14.5. The van der Waals surface area contributed by atoms with Crippen LogP contribution in [0.2, 0.25) is 0 Å². The van der Waals surface area contributed by atoms with Crippen molar-refractivity contribution in [2.75, 3.05) is 12.3 Å². The topological polar surface area (TPSA) is 116 Å². The lowest BCUT2D eigenvalue weighted by Crippen LogP contribution is -2.31. The highest BCUT2D eigenvalue weighted by Gasteiger charge is 2.26. The second kappa shape index (κ2) is 5.36. The second-order valence-electron chi connectivity index (χ2n) is 4.94. The zero-order chi connectivity index (χ0) is 13.9. The molecule has 1 aromatic heterocycles. The molecular formula is C11H20N4O3. The summed E-state index contributed by atoms with van der Waals surface area (Å²) in [6.45, 7) is 5.45. The monoisotopic (exact) mass is 256 g/mol. The lowest BCUT2D eigenvalue weighted by Gasteiger charge is -2.22. The second-order valence-corrected chi connectivity index (χ2v) is 4.94. The van der Waals surface area contributed by atoms with Gasteiger partial charge in [0.25, 0.3) is 0 Å². The molecule has 0 aliphatic carbocycles. The Labute approximate surface area is 106 Å². The number of aliphatic hydroxyl groups is 1. The maximum absolute atomic E-state index is 11.8. The number of carbonyl (C=O) groups is 1. The molecule has 7 heteroatoms. The Morgan fingerprint density at radius 1 is 1.61 bits per heavy atom. The van der Waals surface area contributed by atoms with Crippen molar-refractivity contribution in [1.82, 2.24) is 9.78 Å². The van der Waals surface area contributed by atoms with Crippen LogP contribution in [0.1, 0.15) is 32.4 Å². The third-order valence-electron chi connectivity index (χ3n) is 2.22. The van der Waals surface area contributed by atoms with Crippen LogP contribution in [0.4, 0.5) is 5.82 Å². The minimum atomic E-state index is -0.975. The number of ether oxygens (including phenoxy) is 1. The first-order valence-corrected chi connectivity index (χ1v) is 5.66. The molecule has 7 nitrogen and oxygen atoms in total. The normalized spacial score (nSPS) is 13.4. The van der Waals surface area contributed by atoms with Crippen molar-refractivity contribution in [2.45, 2.75) is 39.0 Å². The summed E-state index contributed by atoms with van der Waals surface area (Å²) in [6, 6.07) is -0.975. The molecule has 1 heterocycles. The van der Waals surface area contributed by atoms with Crippen LogP contribution >= 0.6 is 0 Å². The zero-order valence-electron chi connectivity index (χ0n) is 10.9. The van der Waals surface area contributed by atoms with Gasteiger partial charge in [-0.05, 0) is 20.8 Å². The van der Waals surface area contributed by atoms with E-state index in [0.717, 1.165) is 0 Å². The van der Waals surface area contributed by atoms with Gasteiger partial charge in [0, 0.05) is 5.56 Å². The number of hydrogen-bond donors (Lipinski definition) is 3. The van der Waals surface area contributed by atoms with Gasteiger partial charge < -0.3 is 21.3 Å². The first-order chi connectivity index (χ1) is 8.26. The summed E-state index contributed by atoms with van der Waals surface area (Å²) in [4.78, 5) is 11.8. The highest BCUT2D eigenvalue weighted by atomic mass is 16.6. The molecule has 1 aromatic rings. The zero-order valence-corrected chi connectivity index (χ0v) is 10.9. The molecule has 18 heavy (non-hydrogen) atoms. The Morgan fingerprint density at radius 2 is 2.22 bits per heavy atom. The van der Waals surface area contributed by atoms with Crippen LogP contribution in [0.15, 0.2) is 6.20 Å². The summed E-state index contributed by atoms with van der Waals surface area (Å²) in [5.41, 5.74) is 11.4. The lowest BCUT2D eigenvalue weighted by molar-refractivity contribution is -0.156. The number of aliphatic hydroxyl groups excluding tert-OH is 1. The summed E-state index contributed by atoms with van der Waals surface area (Å²) < 4.78 is 6.56. The first-order valence-electron chi connectivity index (χ1n) is 5.66. The van der Waals surface area contributed by atoms with Crippen LogP contribution in [0, 0.1) is 0 Å². The molecule has 0 amide bonds. The summed E-state index contributed by atoms with van der Waals surface area (Å²) in [5, 5.41) is 12.8. The number of esters is 1. The van der Waals surface area contributed by atoms with Crippen LogP contribution in [0.3, 0.4) is 0 Å². The van der Waals surface area contributed by atoms with Crippen LogP contribution < -0.4 is 11.5 Å². The molecule has 0 aliphatic heterocycles. The highest BCUT2D eigenvalue weighted by Crippen LogP contribution is 2.21. The number of rotatable bonds is 4. The van der Waals surface area contributed by atoms with E-state index < -0.39 is 17.6 Å². The van der Waals surface area contributed by atoms with Crippen molar-refractivity contribution in [2.24, 2.45) is 5.73 Å². The fraction of sp³-hybridized carbons (Fsp3) is 0.636. The van der Waals surface area contributed by atoms with Gasteiger partial charge in [0.2, 0.25) is 0 Å². The van der Waals surface area contributed by atoms with E-state index in [1.807, 2.05) is 0 Å². The van der Waals surface area contributed by atoms with E-state index in [-0.39, 0.29) is 19.0 Å². The summed E-state index contributed by atoms with van der Waals surface area (Å²) >= 11 is 0. The molecule has 0 aromatic carbocycles. The quantitative estimate of drug-likeness (QED) is 0.642. The van der Waals surface area contributed by atoms with Crippen molar-refractivity contribution in [3.05, 3.63) is 11.8 Å². The molecule has 0 saturated carbocycles. The van der Waals surface area contributed by atoms with Crippen LogP contribution in [-0.4, -0.2) is 33.1 Å². The lowest BCUT2D eigenvalue weighted by atomic mass is 10.1. The highest BCUT2D eigenvalue weighted by molar-refractivity contribution is 5.79. The Balaban J connectivity index is 2.84. The third kappa shape index (κ3) is 3.44. The molecule has 0 bridgehead atoms. The van der Waals surface area contributed by atoms with Gasteiger partial charge in [-0.25, -0.2) is 9.48 Å². The molecule has 0 aliphatic rings. The Morgan fingerprint density at radius 3 is 2.72 bits per heavy atom. The smallest absolute Gasteiger partial charge is 0.328 e. The van der Waals surface area contributed by atoms with E-state index in [1.165, 1.54) is 10.9 Å². The Hall–Kier alpha value is -1.60. The van der Waals surface area contributed by atoms with E-state index >= 15 is 0 Å². The molecule has 1 atom stereocenters. The molecule has 1 rings (SSSR count). The number of nitrogens with zero attached hydrogens (tertiary/aromatic N) is 2. The number of hydrogen-bond acceptors (Lipinski definition) is 6. The van der Waals surface area contributed by atoms with Crippen LogP contribution in [0.25, 0.3) is 0 Å². The van der Waals surface area contributed by atoms with Gasteiger partial charge in [0.15, 0.2) is 0 Å². The molecule has 0 fully saturated rings. The minimum Gasteiger partial charge on any atom is -0.459 e. The van der Waals surface area contributed by atoms with E-state index in [4.69, 9.17) is 21.3 Å². The maximum atomic E-state index is 11.8. The van der Waals surface area contributed by atoms with Gasteiger partial charge in [-0.15, -0.1) is 0 Å². The number of aromatic nitrogens is 2. The minimum absolute atomic E-state index is 0.0903. The van der Waals surface area contributed by atoms with E-state index in [2.05, 4.69) is 5.10 Å². The molecule has 0 saturated heterocycles. The van der Waals surface area contributed by atoms with Gasteiger partial charge >= 0.3 is 5.97 Å². The van der Waals surface area contributed by atoms with Gasteiger partial charge in [-0.3, -0.25) is 0 Å². The Bertz CT molecular complexity index is 422. The standard InChI is InChI=1S/C11H20N4O3/c1-11(2,3)18-10(17)8(12)7-6-14-15(4-5-16)9(7)13/h6,8,16H,4-5,12-13H2,1-3H3. The third-order valence-corrected chi connectivity index (χ3v) is 2.22. The molecule has 0 spiro atoms. The van der Waals surface area contributed by atoms with E-state index in [9.17, 15) is 4.79 Å². The van der Waals surface area contributed by atoms with Crippen molar-refractivity contribution < 1.29 is 14.6 Å². The molecule has 5 N–H and O–H groups in total. The summed E-state index contributed by atoms with van der Waals surface area (Å²) in [6.07, 6.45) is 1.42. The predicted molar refractivity (Wildman–Crippen MR) is 66.5 cm³/mol. The van der Waals surface area contributed by atoms with Gasteiger partial charge in [0.05, 0.1) is 19.3 Å². The summed E-state index contributed by atoms with van der Waals surface area (Å²) in [5.74, 6) is -0.292. The van der Waals surface area contributed by atoms with E-state index in [0.29, 0.717) is 5.56 Å². The average molecular weight is 256 g/mol. The largest absolute Gasteiger partial charge is 0.459 e. The maximum Gasteiger partial charge on any atom is 0.328 e.